The number of fused-ring (bicyclic) bond motifs is 1. The minimum Gasteiger partial charge on any atom is -0.268 e. The lowest BCUT2D eigenvalue weighted by atomic mass is 10.1. The normalized spacial score (nSPS) is 12.3. The Bertz CT molecular complexity index is 904. The molecule has 0 spiro atoms. The molecule has 0 amide bonds. The zero-order valence-corrected chi connectivity index (χ0v) is 12.9. The first-order chi connectivity index (χ1) is 10.1. The van der Waals surface area contributed by atoms with Gasteiger partial charge in [-0.1, -0.05) is 12.0 Å². The van der Waals surface area contributed by atoms with Crippen LogP contribution >= 0.6 is 22.7 Å². The Kier molecular flexibility index (Phi) is 3.46. The number of azide groups is 1. The van der Waals surface area contributed by atoms with E-state index in [9.17, 15) is 4.79 Å². The van der Waals surface area contributed by atoms with Crippen LogP contribution in [-0.2, 0) is 0 Å². The van der Waals surface area contributed by atoms with Crippen LogP contribution in [-0.4, -0.2) is 14.4 Å². The second-order valence-corrected chi connectivity index (χ2v) is 5.98. The van der Waals surface area contributed by atoms with E-state index in [4.69, 9.17) is 5.53 Å². The van der Waals surface area contributed by atoms with Gasteiger partial charge in [0.25, 0.3) is 5.56 Å². The van der Waals surface area contributed by atoms with E-state index in [1.165, 1.54) is 22.7 Å². The fraction of sp³-hybridized carbons (Fsp3) is 0.250. The van der Waals surface area contributed by atoms with Gasteiger partial charge in [0.1, 0.15) is 0 Å². The van der Waals surface area contributed by atoms with Crippen molar-refractivity contribution < 1.29 is 0 Å². The summed E-state index contributed by atoms with van der Waals surface area (Å²) in [5, 5.41) is 7.33. The fourth-order valence-corrected chi connectivity index (χ4v) is 3.52. The summed E-state index contributed by atoms with van der Waals surface area (Å²) in [6.07, 6.45) is 0. The van der Waals surface area contributed by atoms with Crippen molar-refractivity contribution in [3.8, 4) is 11.3 Å². The molecule has 3 rings (SSSR count). The molecular formula is C12H10N6OS2. The van der Waals surface area contributed by atoms with Gasteiger partial charge in [-0.05, 0) is 12.5 Å². The van der Waals surface area contributed by atoms with Crippen molar-refractivity contribution >= 4 is 27.6 Å². The molecule has 0 aliphatic rings. The third kappa shape index (κ3) is 2.21. The van der Waals surface area contributed by atoms with Gasteiger partial charge >= 0.3 is 0 Å². The number of rotatable bonds is 3. The summed E-state index contributed by atoms with van der Waals surface area (Å²) >= 11 is 2.78. The van der Waals surface area contributed by atoms with Crippen LogP contribution < -0.4 is 5.56 Å². The highest BCUT2D eigenvalue weighted by molar-refractivity contribution is 7.15. The van der Waals surface area contributed by atoms with Gasteiger partial charge < -0.3 is 0 Å². The second kappa shape index (κ2) is 5.28. The van der Waals surface area contributed by atoms with Gasteiger partial charge in [-0.2, -0.15) is 0 Å². The molecule has 0 N–H and O–H groups in total. The summed E-state index contributed by atoms with van der Waals surface area (Å²) in [4.78, 5) is 24.9. The maximum Gasteiger partial charge on any atom is 0.268 e. The number of thiazole rings is 2. The molecule has 0 fully saturated rings. The second-order valence-electron chi connectivity index (χ2n) is 4.43. The highest BCUT2D eigenvalue weighted by Crippen LogP contribution is 2.27. The van der Waals surface area contributed by atoms with Crippen LogP contribution in [0.25, 0.3) is 26.7 Å². The third-order valence-electron chi connectivity index (χ3n) is 3.08. The van der Waals surface area contributed by atoms with Crippen molar-refractivity contribution in [2.24, 2.45) is 5.11 Å². The van der Waals surface area contributed by atoms with Crippen LogP contribution in [0.2, 0.25) is 0 Å². The van der Waals surface area contributed by atoms with Crippen molar-refractivity contribution in [1.82, 2.24) is 14.4 Å². The Balaban J connectivity index is 2.42. The van der Waals surface area contributed by atoms with Crippen molar-refractivity contribution in [3.63, 3.8) is 0 Å². The molecule has 7 nitrogen and oxygen atoms in total. The van der Waals surface area contributed by atoms with Crippen molar-refractivity contribution in [2.75, 3.05) is 0 Å². The van der Waals surface area contributed by atoms with Crippen molar-refractivity contribution in [2.45, 2.75) is 19.9 Å². The Morgan fingerprint density at radius 1 is 1.48 bits per heavy atom. The van der Waals surface area contributed by atoms with Gasteiger partial charge in [0.05, 0.1) is 28.5 Å². The van der Waals surface area contributed by atoms with Crippen LogP contribution in [0.4, 0.5) is 0 Å². The number of nitrogens with zero attached hydrogens (tertiary/aromatic N) is 6. The summed E-state index contributed by atoms with van der Waals surface area (Å²) in [6.45, 7) is 3.57. The van der Waals surface area contributed by atoms with E-state index in [2.05, 4.69) is 20.0 Å². The molecule has 9 heteroatoms. The summed E-state index contributed by atoms with van der Waals surface area (Å²) in [6, 6.07) is -0.535. The highest BCUT2D eigenvalue weighted by atomic mass is 32.1. The predicted molar refractivity (Wildman–Crippen MR) is 82.7 cm³/mol. The van der Waals surface area contributed by atoms with Crippen molar-refractivity contribution in [1.29, 1.82) is 0 Å². The molecule has 0 saturated carbocycles. The summed E-state index contributed by atoms with van der Waals surface area (Å²) in [5.41, 5.74) is 12.4. The first-order valence-electron chi connectivity index (χ1n) is 6.07. The maximum atomic E-state index is 12.8. The van der Waals surface area contributed by atoms with E-state index < -0.39 is 6.04 Å². The SMILES string of the molecule is Cc1csc2nc(C(C)N=[N+]=[N-])c(-c3cscn3)c(=O)n12. The lowest BCUT2D eigenvalue weighted by Gasteiger charge is -2.10. The smallest absolute Gasteiger partial charge is 0.268 e. The van der Waals surface area contributed by atoms with E-state index in [1.807, 2.05) is 12.3 Å². The van der Waals surface area contributed by atoms with Crippen LogP contribution in [0, 0.1) is 6.92 Å². The number of aromatic nitrogens is 3. The van der Waals surface area contributed by atoms with Gasteiger partial charge in [0.2, 0.25) is 0 Å². The molecular weight excluding hydrogens is 308 g/mol. The molecule has 0 aliphatic carbocycles. The Hall–Kier alpha value is -2.22. The lowest BCUT2D eigenvalue weighted by Crippen LogP contribution is -2.20. The molecule has 3 heterocycles. The van der Waals surface area contributed by atoms with E-state index in [-0.39, 0.29) is 5.56 Å². The zero-order chi connectivity index (χ0) is 15.0. The van der Waals surface area contributed by atoms with Crippen LogP contribution in [0.3, 0.4) is 0 Å². The maximum absolute atomic E-state index is 12.8. The highest BCUT2D eigenvalue weighted by Gasteiger charge is 2.21. The van der Waals surface area contributed by atoms with Gasteiger partial charge in [0, 0.05) is 21.4 Å². The summed E-state index contributed by atoms with van der Waals surface area (Å²) in [7, 11) is 0. The summed E-state index contributed by atoms with van der Waals surface area (Å²) < 4.78 is 1.56. The Morgan fingerprint density at radius 2 is 2.29 bits per heavy atom. The molecule has 1 unspecified atom stereocenters. The Morgan fingerprint density at radius 3 is 2.95 bits per heavy atom. The average Bonchev–Trinajstić information content (AvgIpc) is 3.09. The molecule has 3 aromatic rings. The number of hydrogen-bond acceptors (Lipinski definition) is 6. The molecule has 0 aliphatic heterocycles. The molecule has 0 radical (unpaired) electrons. The molecule has 3 aromatic heterocycles. The van der Waals surface area contributed by atoms with Gasteiger partial charge in [-0.25, -0.2) is 9.97 Å². The molecule has 0 bridgehead atoms. The van der Waals surface area contributed by atoms with E-state index in [0.717, 1.165) is 5.69 Å². The third-order valence-corrected chi connectivity index (χ3v) is 4.61. The Labute approximate surface area is 127 Å². The standard InChI is InChI=1S/C12H10N6OS2/c1-6-3-21-12-15-10(7(2)16-17-13)9(11(19)18(6)12)8-4-20-5-14-8/h3-5,7H,1-2H3. The lowest BCUT2D eigenvalue weighted by molar-refractivity contribution is 0.769. The molecule has 21 heavy (non-hydrogen) atoms. The van der Waals surface area contributed by atoms with Gasteiger partial charge in [-0.15, -0.1) is 22.7 Å². The topological polar surface area (TPSA) is 96.0 Å². The van der Waals surface area contributed by atoms with Crippen LogP contribution in [0.5, 0.6) is 0 Å². The first kappa shape index (κ1) is 13.7. The average molecular weight is 318 g/mol. The number of hydrogen-bond donors (Lipinski definition) is 0. The van der Waals surface area contributed by atoms with E-state index in [1.54, 1.807) is 22.2 Å². The largest absolute Gasteiger partial charge is 0.268 e. The predicted octanol–water partition coefficient (Wildman–Crippen LogP) is 3.56. The first-order valence-corrected chi connectivity index (χ1v) is 7.89. The zero-order valence-electron chi connectivity index (χ0n) is 11.2. The molecule has 0 aromatic carbocycles. The molecule has 106 valence electrons. The van der Waals surface area contributed by atoms with Gasteiger partial charge in [-0.3, -0.25) is 9.20 Å². The minimum atomic E-state index is -0.535. The summed E-state index contributed by atoms with van der Waals surface area (Å²) in [5.74, 6) is 0. The molecule has 0 saturated heterocycles. The van der Waals surface area contributed by atoms with Gasteiger partial charge in [0.15, 0.2) is 4.96 Å². The van der Waals surface area contributed by atoms with E-state index >= 15 is 0 Å². The van der Waals surface area contributed by atoms with Crippen molar-refractivity contribution in [3.05, 3.63) is 48.5 Å². The van der Waals surface area contributed by atoms with E-state index in [0.29, 0.717) is 21.9 Å². The van der Waals surface area contributed by atoms with Crippen LogP contribution in [0.15, 0.2) is 26.2 Å². The quantitative estimate of drug-likeness (QED) is 0.419. The monoisotopic (exact) mass is 318 g/mol. The van der Waals surface area contributed by atoms with Crippen LogP contribution in [0.1, 0.15) is 24.4 Å². The minimum absolute atomic E-state index is 0.181. The number of aryl methyl sites for hydroxylation is 1. The fourth-order valence-electron chi connectivity index (χ4n) is 2.11. The molecule has 1 atom stereocenters.